The summed E-state index contributed by atoms with van der Waals surface area (Å²) in [5.41, 5.74) is -0.0129. The Hall–Kier alpha value is -2.32. The quantitative estimate of drug-likeness (QED) is 0.859. The standard InChI is InChI=1S/C16H19BN4O3/c1-15(2)16(3,4)24-17(23-15)12-6-5-7-13(20-12)21-14(22)11-8-9-18-10-19-11/h5-10H,1-4H3,(H,20,21,22). The van der Waals surface area contributed by atoms with E-state index in [1.165, 1.54) is 18.6 Å². The number of pyridine rings is 1. The lowest BCUT2D eigenvalue weighted by molar-refractivity contribution is 0.00578. The van der Waals surface area contributed by atoms with E-state index in [4.69, 9.17) is 9.31 Å². The summed E-state index contributed by atoms with van der Waals surface area (Å²) in [5, 5.41) is 2.71. The van der Waals surface area contributed by atoms with Crippen molar-refractivity contribution >= 4 is 24.4 Å². The Balaban J connectivity index is 1.77. The number of amides is 1. The smallest absolute Gasteiger partial charge is 0.398 e. The predicted octanol–water partition coefficient (Wildman–Crippen LogP) is 1.42. The number of anilines is 1. The average molecular weight is 326 g/mol. The first-order valence-corrected chi connectivity index (χ1v) is 7.68. The van der Waals surface area contributed by atoms with Gasteiger partial charge in [-0.1, -0.05) is 6.07 Å². The summed E-state index contributed by atoms with van der Waals surface area (Å²) < 4.78 is 12.0. The second-order valence-electron chi connectivity index (χ2n) is 6.58. The molecular formula is C16H19BN4O3. The monoisotopic (exact) mass is 326 g/mol. The number of carbonyl (C=O) groups excluding carboxylic acids is 1. The molecule has 0 spiro atoms. The van der Waals surface area contributed by atoms with Crippen LogP contribution in [0.5, 0.6) is 0 Å². The van der Waals surface area contributed by atoms with Crippen molar-refractivity contribution in [3.63, 3.8) is 0 Å². The molecule has 0 bridgehead atoms. The molecule has 1 amide bonds. The Bertz CT molecular complexity index is 736. The summed E-state index contributed by atoms with van der Waals surface area (Å²) in [6.07, 6.45) is 2.83. The van der Waals surface area contributed by atoms with E-state index in [0.717, 1.165) is 0 Å². The summed E-state index contributed by atoms with van der Waals surface area (Å²) in [4.78, 5) is 24.3. The van der Waals surface area contributed by atoms with Gasteiger partial charge in [-0.3, -0.25) is 4.79 Å². The number of carbonyl (C=O) groups is 1. The van der Waals surface area contributed by atoms with Gasteiger partial charge in [0.1, 0.15) is 17.8 Å². The van der Waals surface area contributed by atoms with Gasteiger partial charge in [0.25, 0.3) is 5.91 Å². The van der Waals surface area contributed by atoms with E-state index in [1.807, 2.05) is 33.8 Å². The number of nitrogens with one attached hydrogen (secondary N) is 1. The molecule has 0 saturated carbocycles. The fourth-order valence-electron chi connectivity index (χ4n) is 2.22. The van der Waals surface area contributed by atoms with Crippen LogP contribution < -0.4 is 10.9 Å². The van der Waals surface area contributed by atoms with Gasteiger partial charge < -0.3 is 14.6 Å². The van der Waals surface area contributed by atoms with E-state index in [-0.39, 0.29) is 11.6 Å². The molecule has 124 valence electrons. The molecule has 1 saturated heterocycles. The highest BCUT2D eigenvalue weighted by molar-refractivity contribution is 6.61. The first kappa shape index (κ1) is 16.5. The summed E-state index contributed by atoms with van der Waals surface area (Å²) in [7, 11) is -0.578. The van der Waals surface area contributed by atoms with Crippen molar-refractivity contribution in [2.45, 2.75) is 38.9 Å². The first-order chi connectivity index (χ1) is 11.3. The zero-order valence-corrected chi connectivity index (χ0v) is 14.1. The molecular weight excluding hydrogens is 307 g/mol. The number of rotatable bonds is 3. The van der Waals surface area contributed by atoms with Crippen LogP contribution in [-0.2, 0) is 9.31 Å². The van der Waals surface area contributed by atoms with Crippen molar-refractivity contribution in [1.29, 1.82) is 0 Å². The minimum Gasteiger partial charge on any atom is -0.398 e. The van der Waals surface area contributed by atoms with E-state index in [2.05, 4.69) is 20.3 Å². The number of nitrogens with zero attached hydrogens (tertiary/aromatic N) is 3. The van der Waals surface area contributed by atoms with Gasteiger partial charge in [-0.15, -0.1) is 0 Å². The molecule has 1 N–H and O–H groups in total. The van der Waals surface area contributed by atoms with Gasteiger partial charge in [0.05, 0.1) is 16.8 Å². The second-order valence-corrected chi connectivity index (χ2v) is 6.58. The third-order valence-corrected chi connectivity index (χ3v) is 4.32. The summed E-state index contributed by atoms with van der Waals surface area (Å²) in [6, 6.07) is 6.84. The maximum Gasteiger partial charge on any atom is 0.514 e. The van der Waals surface area contributed by atoms with Gasteiger partial charge in [-0.05, 0) is 45.9 Å². The van der Waals surface area contributed by atoms with Crippen LogP contribution in [0.25, 0.3) is 0 Å². The molecule has 0 aliphatic carbocycles. The molecule has 24 heavy (non-hydrogen) atoms. The van der Waals surface area contributed by atoms with Gasteiger partial charge in [0, 0.05) is 6.20 Å². The normalized spacial score (nSPS) is 18.4. The molecule has 2 aromatic rings. The Kier molecular flexibility index (Phi) is 4.10. The minimum absolute atomic E-state index is 0.271. The molecule has 1 fully saturated rings. The van der Waals surface area contributed by atoms with Crippen molar-refractivity contribution in [3.8, 4) is 0 Å². The summed E-state index contributed by atoms with van der Waals surface area (Å²) in [6.45, 7) is 7.92. The third-order valence-electron chi connectivity index (χ3n) is 4.32. The number of hydrogen-bond donors (Lipinski definition) is 1. The topological polar surface area (TPSA) is 86.2 Å². The maximum atomic E-state index is 12.1. The Labute approximate surface area is 141 Å². The van der Waals surface area contributed by atoms with Crippen LogP contribution in [0.15, 0.2) is 36.8 Å². The van der Waals surface area contributed by atoms with Gasteiger partial charge in [0.2, 0.25) is 0 Å². The molecule has 1 aliphatic rings. The lowest BCUT2D eigenvalue weighted by atomic mass is 9.84. The predicted molar refractivity (Wildman–Crippen MR) is 89.9 cm³/mol. The first-order valence-electron chi connectivity index (χ1n) is 7.68. The number of hydrogen-bond acceptors (Lipinski definition) is 6. The van der Waals surface area contributed by atoms with Crippen LogP contribution in [-0.4, -0.2) is 39.2 Å². The van der Waals surface area contributed by atoms with E-state index in [1.54, 1.807) is 12.1 Å². The van der Waals surface area contributed by atoms with Crippen LogP contribution in [0.1, 0.15) is 38.2 Å². The van der Waals surface area contributed by atoms with E-state index >= 15 is 0 Å². The molecule has 0 aromatic carbocycles. The van der Waals surface area contributed by atoms with Crippen molar-refractivity contribution in [2.75, 3.05) is 5.32 Å². The largest absolute Gasteiger partial charge is 0.514 e. The maximum absolute atomic E-state index is 12.1. The molecule has 3 rings (SSSR count). The van der Waals surface area contributed by atoms with Gasteiger partial charge >= 0.3 is 7.12 Å². The van der Waals surface area contributed by atoms with Crippen LogP contribution in [0.4, 0.5) is 5.82 Å². The molecule has 7 nitrogen and oxygen atoms in total. The lowest BCUT2D eigenvalue weighted by Crippen LogP contribution is -2.41. The van der Waals surface area contributed by atoms with Gasteiger partial charge in [-0.25, -0.2) is 15.0 Å². The molecule has 0 radical (unpaired) electrons. The van der Waals surface area contributed by atoms with E-state index in [0.29, 0.717) is 11.4 Å². The number of aromatic nitrogens is 3. The zero-order valence-electron chi connectivity index (χ0n) is 14.1. The van der Waals surface area contributed by atoms with Crippen LogP contribution in [0, 0.1) is 0 Å². The van der Waals surface area contributed by atoms with Crippen molar-refractivity contribution in [3.05, 3.63) is 42.5 Å². The highest BCUT2D eigenvalue weighted by Gasteiger charge is 2.52. The van der Waals surface area contributed by atoms with E-state index in [9.17, 15) is 4.79 Å². The SMILES string of the molecule is CC1(C)OB(c2cccc(NC(=O)c3ccncn3)n2)OC1(C)C. The lowest BCUT2D eigenvalue weighted by Gasteiger charge is -2.32. The fourth-order valence-corrected chi connectivity index (χ4v) is 2.22. The van der Waals surface area contributed by atoms with Crippen molar-refractivity contribution in [1.82, 2.24) is 15.0 Å². The summed E-state index contributed by atoms with van der Waals surface area (Å²) >= 11 is 0. The molecule has 2 aromatic heterocycles. The van der Waals surface area contributed by atoms with Gasteiger partial charge in [-0.2, -0.15) is 0 Å². The van der Waals surface area contributed by atoms with Gasteiger partial charge in [0.15, 0.2) is 0 Å². The fraction of sp³-hybridized carbons (Fsp3) is 0.375. The molecule has 0 atom stereocenters. The third kappa shape index (κ3) is 3.15. The zero-order chi connectivity index (χ0) is 17.4. The molecule has 3 heterocycles. The molecule has 0 unspecified atom stereocenters. The Morgan fingerprint density at radius 1 is 1.12 bits per heavy atom. The van der Waals surface area contributed by atoms with Crippen LogP contribution in [0.2, 0.25) is 0 Å². The Morgan fingerprint density at radius 3 is 2.46 bits per heavy atom. The molecule has 8 heteroatoms. The Morgan fingerprint density at radius 2 is 1.83 bits per heavy atom. The van der Waals surface area contributed by atoms with Crippen LogP contribution >= 0.6 is 0 Å². The molecule has 1 aliphatic heterocycles. The van der Waals surface area contributed by atoms with Crippen molar-refractivity contribution in [2.24, 2.45) is 0 Å². The summed E-state index contributed by atoms with van der Waals surface area (Å²) in [5.74, 6) is 0.0572. The highest BCUT2D eigenvalue weighted by Crippen LogP contribution is 2.36. The highest BCUT2D eigenvalue weighted by atomic mass is 16.7. The van der Waals surface area contributed by atoms with E-state index < -0.39 is 18.3 Å². The average Bonchev–Trinajstić information content (AvgIpc) is 2.76. The van der Waals surface area contributed by atoms with Crippen molar-refractivity contribution < 1.29 is 14.1 Å². The minimum atomic E-state index is -0.578. The second kappa shape index (κ2) is 5.96. The van der Waals surface area contributed by atoms with Crippen LogP contribution in [0.3, 0.4) is 0 Å².